The standard InChI is InChI=1S/C12H14O/c1-3-7-11-8-5-6-9-12(11)13-10-4-2/h3-10H,1-2H3. The van der Waals surface area contributed by atoms with E-state index in [1.807, 2.05) is 56.3 Å². The molecule has 0 heterocycles. The average molecular weight is 174 g/mol. The van der Waals surface area contributed by atoms with Crippen molar-refractivity contribution < 1.29 is 4.74 Å². The molecule has 0 spiro atoms. The van der Waals surface area contributed by atoms with E-state index < -0.39 is 0 Å². The summed E-state index contributed by atoms with van der Waals surface area (Å²) in [6, 6.07) is 7.94. The second-order valence-electron chi connectivity index (χ2n) is 2.63. The molecule has 0 saturated heterocycles. The number of allylic oxidation sites excluding steroid dienone is 2. The molecule has 1 aromatic carbocycles. The Morgan fingerprint density at radius 2 is 1.85 bits per heavy atom. The van der Waals surface area contributed by atoms with Crippen molar-refractivity contribution in [2.75, 3.05) is 0 Å². The summed E-state index contributed by atoms with van der Waals surface area (Å²) in [5, 5.41) is 0. The molecule has 0 aliphatic heterocycles. The Hall–Kier alpha value is -1.50. The fraction of sp³-hybridized carbons (Fsp3) is 0.167. The summed E-state index contributed by atoms with van der Waals surface area (Å²) in [5.74, 6) is 0.888. The monoisotopic (exact) mass is 174 g/mol. The van der Waals surface area contributed by atoms with Crippen molar-refractivity contribution in [1.29, 1.82) is 0 Å². The zero-order chi connectivity index (χ0) is 9.52. The summed E-state index contributed by atoms with van der Waals surface area (Å²) in [5.41, 5.74) is 1.10. The number of benzene rings is 1. The van der Waals surface area contributed by atoms with Crippen molar-refractivity contribution >= 4 is 6.08 Å². The van der Waals surface area contributed by atoms with Gasteiger partial charge in [0.05, 0.1) is 6.26 Å². The normalized spacial score (nSPS) is 11.2. The van der Waals surface area contributed by atoms with E-state index in [9.17, 15) is 0 Å². The van der Waals surface area contributed by atoms with Gasteiger partial charge in [-0.3, -0.25) is 0 Å². The van der Waals surface area contributed by atoms with Crippen LogP contribution in [0.15, 0.2) is 42.7 Å². The summed E-state index contributed by atoms with van der Waals surface area (Å²) in [6.07, 6.45) is 7.57. The molecule has 0 bridgehead atoms. The van der Waals surface area contributed by atoms with E-state index in [1.54, 1.807) is 6.26 Å². The Morgan fingerprint density at radius 3 is 2.54 bits per heavy atom. The molecule has 1 rings (SSSR count). The first-order valence-corrected chi connectivity index (χ1v) is 4.38. The Bertz CT molecular complexity index is 311. The number of rotatable bonds is 3. The highest BCUT2D eigenvalue weighted by Gasteiger charge is 1.95. The molecule has 0 aliphatic carbocycles. The molecule has 0 fully saturated rings. The first kappa shape index (κ1) is 9.59. The quantitative estimate of drug-likeness (QED) is 0.636. The summed E-state index contributed by atoms with van der Waals surface area (Å²) in [7, 11) is 0. The minimum absolute atomic E-state index is 0.888. The van der Waals surface area contributed by atoms with Crippen LogP contribution >= 0.6 is 0 Å². The predicted octanol–water partition coefficient (Wildman–Crippen LogP) is 3.63. The largest absolute Gasteiger partial charge is 0.465 e. The fourth-order valence-corrected chi connectivity index (χ4v) is 1.05. The topological polar surface area (TPSA) is 9.23 Å². The van der Waals surface area contributed by atoms with E-state index >= 15 is 0 Å². The van der Waals surface area contributed by atoms with E-state index in [-0.39, 0.29) is 0 Å². The van der Waals surface area contributed by atoms with Crippen LogP contribution in [0.5, 0.6) is 5.75 Å². The lowest BCUT2D eigenvalue weighted by Gasteiger charge is -2.03. The van der Waals surface area contributed by atoms with Crippen molar-refractivity contribution in [3.63, 3.8) is 0 Å². The Kier molecular flexibility index (Phi) is 3.83. The molecule has 0 unspecified atom stereocenters. The molecule has 0 saturated carbocycles. The van der Waals surface area contributed by atoms with Crippen LogP contribution in [0.4, 0.5) is 0 Å². The zero-order valence-electron chi connectivity index (χ0n) is 8.03. The molecule has 1 aromatic rings. The number of hydrogen-bond acceptors (Lipinski definition) is 1. The van der Waals surface area contributed by atoms with E-state index in [4.69, 9.17) is 4.74 Å². The molecular weight excluding hydrogens is 160 g/mol. The van der Waals surface area contributed by atoms with Gasteiger partial charge in [0.15, 0.2) is 0 Å². The Morgan fingerprint density at radius 1 is 1.08 bits per heavy atom. The lowest BCUT2D eigenvalue weighted by molar-refractivity contribution is 0.479. The maximum atomic E-state index is 5.41. The lowest BCUT2D eigenvalue weighted by atomic mass is 10.2. The van der Waals surface area contributed by atoms with E-state index in [0.29, 0.717) is 0 Å². The fourth-order valence-electron chi connectivity index (χ4n) is 1.05. The molecule has 1 nitrogen and oxygen atoms in total. The van der Waals surface area contributed by atoms with Gasteiger partial charge in [-0.25, -0.2) is 0 Å². The third kappa shape index (κ3) is 2.79. The molecule has 68 valence electrons. The Labute approximate surface area is 79.4 Å². The van der Waals surface area contributed by atoms with Gasteiger partial charge >= 0.3 is 0 Å². The van der Waals surface area contributed by atoms with Crippen molar-refractivity contribution in [3.8, 4) is 5.75 Å². The zero-order valence-corrected chi connectivity index (χ0v) is 8.03. The number of ether oxygens (including phenoxy) is 1. The lowest BCUT2D eigenvalue weighted by Crippen LogP contribution is -1.84. The molecule has 0 aliphatic rings. The average Bonchev–Trinajstić information content (AvgIpc) is 2.17. The highest BCUT2D eigenvalue weighted by Crippen LogP contribution is 2.19. The third-order valence-corrected chi connectivity index (χ3v) is 1.60. The van der Waals surface area contributed by atoms with Gasteiger partial charge in [-0.05, 0) is 19.9 Å². The number of para-hydroxylation sites is 1. The molecule has 13 heavy (non-hydrogen) atoms. The van der Waals surface area contributed by atoms with Gasteiger partial charge in [0.25, 0.3) is 0 Å². The SMILES string of the molecule is CC=COc1ccccc1C=CC. The summed E-state index contributed by atoms with van der Waals surface area (Å²) >= 11 is 0. The highest BCUT2D eigenvalue weighted by atomic mass is 16.5. The molecular formula is C12H14O. The van der Waals surface area contributed by atoms with Crippen LogP contribution in [0, 0.1) is 0 Å². The van der Waals surface area contributed by atoms with Gasteiger partial charge in [0.1, 0.15) is 5.75 Å². The second kappa shape index (κ2) is 5.20. The predicted molar refractivity (Wildman–Crippen MR) is 56.6 cm³/mol. The van der Waals surface area contributed by atoms with Crippen LogP contribution < -0.4 is 4.74 Å². The van der Waals surface area contributed by atoms with Gasteiger partial charge in [0.2, 0.25) is 0 Å². The second-order valence-corrected chi connectivity index (χ2v) is 2.63. The van der Waals surface area contributed by atoms with Crippen LogP contribution in [-0.2, 0) is 0 Å². The third-order valence-electron chi connectivity index (χ3n) is 1.60. The maximum Gasteiger partial charge on any atom is 0.133 e. The molecule has 0 aromatic heterocycles. The van der Waals surface area contributed by atoms with Crippen molar-refractivity contribution in [2.24, 2.45) is 0 Å². The molecule has 1 heteroatoms. The van der Waals surface area contributed by atoms with Gasteiger partial charge in [0, 0.05) is 5.56 Å². The molecule has 0 N–H and O–H groups in total. The van der Waals surface area contributed by atoms with Gasteiger partial charge < -0.3 is 4.74 Å². The summed E-state index contributed by atoms with van der Waals surface area (Å²) in [6.45, 7) is 3.92. The minimum atomic E-state index is 0.888. The molecule has 0 atom stereocenters. The Balaban J connectivity index is 2.90. The number of hydrogen-bond donors (Lipinski definition) is 0. The first-order chi connectivity index (χ1) is 6.38. The maximum absolute atomic E-state index is 5.41. The van der Waals surface area contributed by atoms with E-state index in [1.165, 1.54) is 0 Å². The van der Waals surface area contributed by atoms with E-state index in [0.717, 1.165) is 11.3 Å². The van der Waals surface area contributed by atoms with Crippen LogP contribution in [0.2, 0.25) is 0 Å². The van der Waals surface area contributed by atoms with Crippen LogP contribution in [0.3, 0.4) is 0 Å². The summed E-state index contributed by atoms with van der Waals surface area (Å²) < 4.78 is 5.41. The van der Waals surface area contributed by atoms with Crippen molar-refractivity contribution in [3.05, 3.63) is 48.2 Å². The van der Waals surface area contributed by atoms with Crippen molar-refractivity contribution in [1.82, 2.24) is 0 Å². The van der Waals surface area contributed by atoms with Crippen molar-refractivity contribution in [2.45, 2.75) is 13.8 Å². The smallest absolute Gasteiger partial charge is 0.133 e. The summed E-state index contributed by atoms with van der Waals surface area (Å²) in [4.78, 5) is 0. The molecule has 0 amide bonds. The van der Waals surface area contributed by atoms with Gasteiger partial charge in [-0.2, -0.15) is 0 Å². The van der Waals surface area contributed by atoms with Gasteiger partial charge in [-0.1, -0.05) is 36.4 Å². The van der Waals surface area contributed by atoms with Crippen LogP contribution in [0.25, 0.3) is 6.08 Å². The first-order valence-electron chi connectivity index (χ1n) is 4.38. The molecule has 0 radical (unpaired) electrons. The minimum Gasteiger partial charge on any atom is -0.465 e. The highest BCUT2D eigenvalue weighted by molar-refractivity contribution is 5.56. The van der Waals surface area contributed by atoms with E-state index in [2.05, 4.69) is 0 Å². The van der Waals surface area contributed by atoms with Gasteiger partial charge in [-0.15, -0.1) is 0 Å². The van der Waals surface area contributed by atoms with Crippen LogP contribution in [0.1, 0.15) is 19.4 Å². The van der Waals surface area contributed by atoms with Crippen LogP contribution in [-0.4, -0.2) is 0 Å².